The standard InChI is InChI=1S/C30H32O9/c1-5-30(18-37-27(31)21-9-6-12-24(15-21)34-2,19-38-28(32)22-10-7-13-25(16-22)35-3)20-39-29(33)23-11-8-14-26(17-23)36-4/h6-17H,5,18-20H2,1-4H3. The van der Waals surface area contributed by atoms with Gasteiger partial charge in [-0.2, -0.15) is 0 Å². The van der Waals surface area contributed by atoms with Crippen LogP contribution in [0.25, 0.3) is 0 Å². The summed E-state index contributed by atoms with van der Waals surface area (Å²) in [4.78, 5) is 38.4. The van der Waals surface area contributed by atoms with E-state index in [0.29, 0.717) is 40.4 Å². The zero-order valence-electron chi connectivity index (χ0n) is 22.4. The third kappa shape index (κ3) is 7.98. The Balaban J connectivity index is 1.77. The van der Waals surface area contributed by atoms with Crippen LogP contribution in [0.3, 0.4) is 0 Å². The third-order valence-corrected chi connectivity index (χ3v) is 6.19. The number of carbonyl (C=O) groups is 3. The maximum Gasteiger partial charge on any atom is 0.338 e. The normalized spacial score (nSPS) is 10.8. The first-order chi connectivity index (χ1) is 18.8. The van der Waals surface area contributed by atoms with E-state index in [2.05, 4.69) is 0 Å². The van der Waals surface area contributed by atoms with Gasteiger partial charge in [-0.3, -0.25) is 0 Å². The van der Waals surface area contributed by atoms with Gasteiger partial charge in [-0.05, 0) is 61.0 Å². The fourth-order valence-corrected chi connectivity index (χ4v) is 3.59. The molecule has 3 rings (SSSR count). The zero-order valence-corrected chi connectivity index (χ0v) is 22.4. The van der Waals surface area contributed by atoms with Crippen molar-refractivity contribution in [2.24, 2.45) is 5.41 Å². The van der Waals surface area contributed by atoms with Crippen molar-refractivity contribution in [3.63, 3.8) is 0 Å². The number of hydrogen-bond acceptors (Lipinski definition) is 9. The second-order valence-electron chi connectivity index (χ2n) is 8.78. The highest BCUT2D eigenvalue weighted by Gasteiger charge is 2.35. The van der Waals surface area contributed by atoms with Crippen molar-refractivity contribution in [2.45, 2.75) is 13.3 Å². The minimum Gasteiger partial charge on any atom is -0.497 e. The van der Waals surface area contributed by atoms with Gasteiger partial charge in [-0.25, -0.2) is 14.4 Å². The van der Waals surface area contributed by atoms with Crippen molar-refractivity contribution in [3.05, 3.63) is 89.5 Å². The van der Waals surface area contributed by atoms with Gasteiger partial charge in [0.1, 0.15) is 37.1 Å². The molecule has 0 aliphatic carbocycles. The molecule has 3 aromatic rings. The Morgan fingerprint density at radius 1 is 0.564 bits per heavy atom. The van der Waals surface area contributed by atoms with Crippen LogP contribution in [0.4, 0.5) is 0 Å². The zero-order chi connectivity index (χ0) is 28.3. The van der Waals surface area contributed by atoms with Crippen molar-refractivity contribution in [3.8, 4) is 17.2 Å². The second-order valence-corrected chi connectivity index (χ2v) is 8.78. The summed E-state index contributed by atoms with van der Waals surface area (Å²) in [5, 5.41) is 0. The highest BCUT2D eigenvalue weighted by Crippen LogP contribution is 2.27. The summed E-state index contributed by atoms with van der Waals surface area (Å²) in [6.07, 6.45) is 0.370. The minimum absolute atomic E-state index is 0.170. The molecule has 9 nitrogen and oxygen atoms in total. The summed E-state index contributed by atoms with van der Waals surface area (Å²) in [6, 6.07) is 19.6. The summed E-state index contributed by atoms with van der Waals surface area (Å²) in [7, 11) is 4.50. The molecule has 9 heteroatoms. The lowest BCUT2D eigenvalue weighted by Crippen LogP contribution is -2.39. The van der Waals surface area contributed by atoms with Gasteiger partial charge in [-0.1, -0.05) is 25.1 Å². The predicted octanol–water partition coefficient (Wildman–Crippen LogP) is 4.98. The lowest BCUT2D eigenvalue weighted by molar-refractivity contribution is -0.0381. The Bertz CT molecular complexity index is 1130. The van der Waals surface area contributed by atoms with E-state index in [1.54, 1.807) is 72.8 Å². The summed E-state index contributed by atoms with van der Waals surface area (Å²) in [6.45, 7) is 1.32. The van der Waals surface area contributed by atoms with Crippen molar-refractivity contribution in [1.82, 2.24) is 0 Å². The maximum atomic E-state index is 12.8. The van der Waals surface area contributed by atoms with E-state index in [1.165, 1.54) is 21.3 Å². The van der Waals surface area contributed by atoms with Crippen LogP contribution in [-0.4, -0.2) is 59.1 Å². The average molecular weight is 537 g/mol. The van der Waals surface area contributed by atoms with Gasteiger partial charge in [0.2, 0.25) is 0 Å². The first kappa shape index (κ1) is 29.0. The maximum absolute atomic E-state index is 12.8. The summed E-state index contributed by atoms with van der Waals surface area (Å²) >= 11 is 0. The number of esters is 3. The number of hydrogen-bond donors (Lipinski definition) is 0. The first-order valence-electron chi connectivity index (χ1n) is 12.3. The van der Waals surface area contributed by atoms with E-state index < -0.39 is 23.3 Å². The lowest BCUT2D eigenvalue weighted by atomic mass is 9.88. The van der Waals surface area contributed by atoms with Gasteiger partial charge in [0.15, 0.2) is 0 Å². The highest BCUT2D eigenvalue weighted by atomic mass is 16.6. The molecule has 0 saturated heterocycles. The fourth-order valence-electron chi connectivity index (χ4n) is 3.59. The molecular weight excluding hydrogens is 504 g/mol. The van der Waals surface area contributed by atoms with Gasteiger partial charge >= 0.3 is 17.9 Å². The minimum atomic E-state index is -1.02. The van der Waals surface area contributed by atoms with E-state index in [4.69, 9.17) is 28.4 Å². The Kier molecular flexibility index (Phi) is 10.3. The van der Waals surface area contributed by atoms with Crippen LogP contribution in [0.15, 0.2) is 72.8 Å². The molecular formula is C30H32O9. The summed E-state index contributed by atoms with van der Waals surface area (Å²) in [5.41, 5.74) is -0.138. The topological polar surface area (TPSA) is 107 Å². The molecule has 0 saturated carbocycles. The van der Waals surface area contributed by atoms with Crippen LogP contribution in [0.1, 0.15) is 44.4 Å². The van der Waals surface area contributed by atoms with Crippen LogP contribution < -0.4 is 14.2 Å². The van der Waals surface area contributed by atoms with E-state index >= 15 is 0 Å². The van der Waals surface area contributed by atoms with Crippen LogP contribution in [0.5, 0.6) is 17.2 Å². The van der Waals surface area contributed by atoms with Crippen LogP contribution in [0.2, 0.25) is 0 Å². The predicted molar refractivity (Wildman–Crippen MR) is 143 cm³/mol. The lowest BCUT2D eigenvalue weighted by Gasteiger charge is -2.31. The smallest absolute Gasteiger partial charge is 0.338 e. The molecule has 0 radical (unpaired) electrons. The van der Waals surface area contributed by atoms with Crippen molar-refractivity contribution in [1.29, 1.82) is 0 Å². The van der Waals surface area contributed by atoms with Gasteiger partial charge < -0.3 is 28.4 Å². The van der Waals surface area contributed by atoms with Crippen molar-refractivity contribution in [2.75, 3.05) is 41.2 Å². The molecule has 0 aromatic heterocycles. The molecule has 0 fully saturated rings. The quantitative estimate of drug-likeness (QED) is 0.221. The van der Waals surface area contributed by atoms with E-state index in [0.717, 1.165) is 0 Å². The Morgan fingerprint density at radius 3 is 1.13 bits per heavy atom. The van der Waals surface area contributed by atoms with Crippen molar-refractivity contribution >= 4 is 17.9 Å². The molecule has 0 unspecified atom stereocenters. The molecule has 0 bridgehead atoms. The molecule has 0 atom stereocenters. The summed E-state index contributed by atoms with van der Waals surface area (Å²) in [5.74, 6) is -0.262. The number of methoxy groups -OCH3 is 3. The number of rotatable bonds is 13. The monoisotopic (exact) mass is 536 g/mol. The van der Waals surface area contributed by atoms with Gasteiger partial charge in [0, 0.05) is 0 Å². The Hall–Kier alpha value is -4.53. The number of ether oxygens (including phenoxy) is 6. The van der Waals surface area contributed by atoms with Crippen LogP contribution >= 0.6 is 0 Å². The molecule has 0 heterocycles. The molecule has 3 aromatic carbocycles. The fraction of sp³-hybridized carbons (Fsp3) is 0.300. The first-order valence-corrected chi connectivity index (χ1v) is 12.3. The number of carbonyl (C=O) groups excluding carboxylic acids is 3. The van der Waals surface area contributed by atoms with Gasteiger partial charge in [0.05, 0.1) is 43.4 Å². The molecule has 206 valence electrons. The second kappa shape index (κ2) is 13.9. The molecule has 0 N–H and O–H groups in total. The molecule has 0 amide bonds. The molecule has 39 heavy (non-hydrogen) atoms. The number of benzene rings is 3. The highest BCUT2D eigenvalue weighted by molar-refractivity contribution is 5.91. The van der Waals surface area contributed by atoms with Crippen LogP contribution in [-0.2, 0) is 14.2 Å². The van der Waals surface area contributed by atoms with Crippen LogP contribution in [0, 0.1) is 5.41 Å². The molecule has 0 aliphatic heterocycles. The largest absolute Gasteiger partial charge is 0.497 e. The van der Waals surface area contributed by atoms with Gasteiger partial charge in [0.25, 0.3) is 0 Å². The third-order valence-electron chi connectivity index (χ3n) is 6.19. The molecule has 0 aliphatic rings. The summed E-state index contributed by atoms with van der Waals surface area (Å²) < 4.78 is 32.4. The Morgan fingerprint density at radius 2 is 0.872 bits per heavy atom. The molecule has 0 spiro atoms. The van der Waals surface area contributed by atoms with E-state index in [9.17, 15) is 14.4 Å². The van der Waals surface area contributed by atoms with E-state index in [1.807, 2.05) is 6.92 Å². The van der Waals surface area contributed by atoms with E-state index in [-0.39, 0.29) is 19.8 Å². The SMILES string of the molecule is CCC(COC(=O)c1cccc(OC)c1)(COC(=O)c1cccc(OC)c1)COC(=O)c1cccc(OC)c1. The van der Waals surface area contributed by atoms with Gasteiger partial charge in [-0.15, -0.1) is 0 Å². The van der Waals surface area contributed by atoms with Crippen molar-refractivity contribution < 1.29 is 42.8 Å². The average Bonchev–Trinajstić information content (AvgIpc) is 3.00. The Labute approximate surface area is 227 Å².